The van der Waals surface area contributed by atoms with Crippen molar-refractivity contribution in [2.75, 3.05) is 20.3 Å². The van der Waals surface area contributed by atoms with Crippen molar-refractivity contribution in [1.82, 2.24) is 4.90 Å². The van der Waals surface area contributed by atoms with Gasteiger partial charge in [0.25, 0.3) is 0 Å². The third-order valence-electron chi connectivity index (χ3n) is 4.19. The molecular weight excluding hydrogens is 309 g/mol. The number of nitrogens with zero attached hydrogens (tertiary/aromatic N) is 1. The van der Waals surface area contributed by atoms with E-state index in [1.54, 1.807) is 17.0 Å². The van der Waals surface area contributed by atoms with Gasteiger partial charge < -0.3 is 9.64 Å². The molecule has 21 heavy (non-hydrogen) atoms. The molecule has 0 bridgehead atoms. The highest BCUT2D eigenvalue weighted by atomic mass is 35.5. The number of carbonyl (C=O) groups is 1. The number of hydrogen-bond acceptors (Lipinski definition) is 2. The summed E-state index contributed by atoms with van der Waals surface area (Å²) in [5.41, 5.74) is 0.920. The largest absolute Gasteiger partial charge is 0.381 e. The predicted octanol–water partition coefficient (Wildman–Crippen LogP) is 4.33. The normalized spacial score (nSPS) is 17.5. The first-order valence-electron chi connectivity index (χ1n) is 7.27. The van der Waals surface area contributed by atoms with E-state index in [1.165, 1.54) is 0 Å². The summed E-state index contributed by atoms with van der Waals surface area (Å²) < 4.78 is 5.33. The van der Waals surface area contributed by atoms with Crippen LogP contribution < -0.4 is 0 Å². The van der Waals surface area contributed by atoms with E-state index in [4.69, 9.17) is 27.9 Å². The van der Waals surface area contributed by atoms with Crippen LogP contribution in [0.3, 0.4) is 0 Å². The highest BCUT2D eigenvalue weighted by molar-refractivity contribution is 6.35. The fraction of sp³-hybridized carbons (Fsp3) is 0.562. The van der Waals surface area contributed by atoms with E-state index < -0.39 is 0 Å². The maximum Gasteiger partial charge on any atom is 0.223 e. The molecule has 1 heterocycles. The minimum Gasteiger partial charge on any atom is -0.381 e. The number of amides is 1. The van der Waals surface area contributed by atoms with Crippen molar-refractivity contribution in [3.05, 3.63) is 33.8 Å². The molecule has 0 aromatic heterocycles. The number of halogens is 2. The monoisotopic (exact) mass is 329 g/mol. The Labute approximate surface area is 136 Å². The molecule has 1 aromatic rings. The molecule has 1 atom stereocenters. The van der Waals surface area contributed by atoms with Gasteiger partial charge in [0.15, 0.2) is 0 Å². The highest BCUT2D eigenvalue weighted by Crippen LogP contribution is 2.30. The van der Waals surface area contributed by atoms with Crippen LogP contribution in [0.25, 0.3) is 0 Å². The van der Waals surface area contributed by atoms with Crippen LogP contribution >= 0.6 is 23.2 Å². The second-order valence-electron chi connectivity index (χ2n) is 5.61. The first kappa shape index (κ1) is 16.6. The molecule has 0 unspecified atom stereocenters. The molecule has 116 valence electrons. The van der Waals surface area contributed by atoms with Gasteiger partial charge in [0.2, 0.25) is 5.91 Å². The summed E-state index contributed by atoms with van der Waals surface area (Å²) in [6, 6.07) is 5.33. The highest BCUT2D eigenvalue weighted by Gasteiger charge is 2.23. The summed E-state index contributed by atoms with van der Waals surface area (Å²) in [5.74, 6) is 0.585. The molecule has 1 aliphatic heterocycles. The molecular formula is C16H21Cl2NO2. The fourth-order valence-corrected chi connectivity index (χ4v) is 3.17. The van der Waals surface area contributed by atoms with Gasteiger partial charge >= 0.3 is 0 Å². The molecule has 1 aliphatic rings. The summed E-state index contributed by atoms with van der Waals surface area (Å²) >= 11 is 12.1. The predicted molar refractivity (Wildman–Crippen MR) is 85.8 cm³/mol. The van der Waals surface area contributed by atoms with Crippen LogP contribution in [0.4, 0.5) is 0 Å². The van der Waals surface area contributed by atoms with Gasteiger partial charge in [-0.25, -0.2) is 0 Å². The van der Waals surface area contributed by atoms with Gasteiger partial charge in [0, 0.05) is 36.7 Å². The lowest BCUT2D eigenvalue weighted by Gasteiger charge is -2.29. The Balaban J connectivity index is 2.00. The Morgan fingerprint density at radius 2 is 2.05 bits per heavy atom. The van der Waals surface area contributed by atoms with Gasteiger partial charge in [-0.05, 0) is 43.4 Å². The average molecular weight is 330 g/mol. The van der Waals surface area contributed by atoms with E-state index in [9.17, 15) is 4.79 Å². The number of ether oxygens (including phenoxy) is 1. The van der Waals surface area contributed by atoms with Crippen LogP contribution in [0, 0.1) is 5.92 Å². The number of hydrogen-bond donors (Lipinski definition) is 0. The molecule has 0 radical (unpaired) electrons. The van der Waals surface area contributed by atoms with E-state index >= 15 is 0 Å². The van der Waals surface area contributed by atoms with E-state index in [1.807, 2.05) is 20.0 Å². The molecule has 0 aliphatic carbocycles. The zero-order chi connectivity index (χ0) is 15.4. The quantitative estimate of drug-likeness (QED) is 0.822. The standard InChI is InChI=1S/C16H21Cl2NO2/c1-11(14-4-3-13(17)10-15(14)18)19(2)16(20)9-12-5-7-21-8-6-12/h3-4,10-12H,5-9H2,1-2H3/t11-/m1/s1. The summed E-state index contributed by atoms with van der Waals surface area (Å²) in [6.07, 6.45) is 2.51. The van der Waals surface area contributed by atoms with Gasteiger partial charge in [-0.3, -0.25) is 4.79 Å². The molecule has 2 rings (SSSR count). The minimum absolute atomic E-state index is 0.0675. The maximum absolute atomic E-state index is 12.4. The lowest BCUT2D eigenvalue weighted by molar-refractivity contribution is -0.133. The van der Waals surface area contributed by atoms with Crippen molar-refractivity contribution in [3.8, 4) is 0 Å². The summed E-state index contributed by atoms with van der Waals surface area (Å²) in [6.45, 7) is 3.51. The molecule has 0 spiro atoms. The van der Waals surface area contributed by atoms with Crippen molar-refractivity contribution in [1.29, 1.82) is 0 Å². The van der Waals surface area contributed by atoms with E-state index in [-0.39, 0.29) is 11.9 Å². The Morgan fingerprint density at radius 1 is 1.38 bits per heavy atom. The van der Waals surface area contributed by atoms with Crippen LogP contribution in [-0.2, 0) is 9.53 Å². The van der Waals surface area contributed by atoms with Gasteiger partial charge in [0.05, 0.1) is 6.04 Å². The Kier molecular flexibility index (Phi) is 5.91. The molecule has 1 aromatic carbocycles. The SMILES string of the molecule is C[C@H](c1ccc(Cl)cc1Cl)N(C)C(=O)CC1CCOCC1. The first-order chi connectivity index (χ1) is 9.99. The summed E-state index contributed by atoms with van der Waals surface area (Å²) in [7, 11) is 1.83. The second-order valence-corrected chi connectivity index (χ2v) is 6.45. The van der Waals surface area contributed by atoms with Gasteiger partial charge in [-0.15, -0.1) is 0 Å². The summed E-state index contributed by atoms with van der Waals surface area (Å²) in [5, 5.41) is 1.20. The average Bonchev–Trinajstić information content (AvgIpc) is 2.47. The second kappa shape index (κ2) is 7.48. The van der Waals surface area contributed by atoms with Crippen LogP contribution in [0.5, 0.6) is 0 Å². The summed E-state index contributed by atoms with van der Waals surface area (Å²) in [4.78, 5) is 14.2. The molecule has 1 fully saturated rings. The molecule has 0 N–H and O–H groups in total. The van der Waals surface area contributed by atoms with Gasteiger partial charge in [0.1, 0.15) is 0 Å². The van der Waals surface area contributed by atoms with E-state index in [2.05, 4.69) is 0 Å². The van der Waals surface area contributed by atoms with Crippen molar-refractivity contribution in [2.24, 2.45) is 5.92 Å². The molecule has 3 nitrogen and oxygen atoms in total. The molecule has 5 heteroatoms. The smallest absolute Gasteiger partial charge is 0.223 e. The van der Waals surface area contributed by atoms with Crippen molar-refractivity contribution in [3.63, 3.8) is 0 Å². The van der Waals surface area contributed by atoms with Gasteiger partial charge in [-0.2, -0.15) is 0 Å². The minimum atomic E-state index is -0.0675. The zero-order valence-electron chi connectivity index (χ0n) is 12.4. The third kappa shape index (κ3) is 4.35. The molecule has 1 saturated heterocycles. The number of benzene rings is 1. The van der Waals surface area contributed by atoms with Crippen molar-refractivity contribution < 1.29 is 9.53 Å². The Bertz CT molecular complexity index is 501. The third-order valence-corrected chi connectivity index (χ3v) is 4.75. The van der Waals surface area contributed by atoms with Crippen molar-refractivity contribution in [2.45, 2.75) is 32.2 Å². The van der Waals surface area contributed by atoms with E-state index in [0.717, 1.165) is 31.6 Å². The van der Waals surface area contributed by atoms with E-state index in [0.29, 0.717) is 22.4 Å². The first-order valence-corrected chi connectivity index (χ1v) is 8.03. The van der Waals surface area contributed by atoms with Crippen LogP contribution in [0.2, 0.25) is 10.0 Å². The number of carbonyl (C=O) groups excluding carboxylic acids is 1. The zero-order valence-corrected chi connectivity index (χ0v) is 14.0. The lowest BCUT2D eigenvalue weighted by Crippen LogP contribution is -2.32. The van der Waals surface area contributed by atoms with Gasteiger partial charge in [-0.1, -0.05) is 29.3 Å². The van der Waals surface area contributed by atoms with Crippen LogP contribution in [0.15, 0.2) is 18.2 Å². The topological polar surface area (TPSA) is 29.5 Å². The Morgan fingerprint density at radius 3 is 2.67 bits per heavy atom. The molecule has 1 amide bonds. The number of rotatable bonds is 4. The maximum atomic E-state index is 12.4. The molecule has 0 saturated carbocycles. The Hall–Kier alpha value is -0.770. The van der Waals surface area contributed by atoms with Crippen LogP contribution in [-0.4, -0.2) is 31.1 Å². The fourth-order valence-electron chi connectivity index (χ4n) is 2.61. The van der Waals surface area contributed by atoms with Crippen LogP contribution in [0.1, 0.15) is 37.8 Å². The lowest BCUT2D eigenvalue weighted by atomic mass is 9.95. The van der Waals surface area contributed by atoms with Crippen molar-refractivity contribution >= 4 is 29.1 Å².